The van der Waals surface area contributed by atoms with E-state index in [1.807, 2.05) is 36.7 Å². The van der Waals surface area contributed by atoms with Crippen molar-refractivity contribution in [1.82, 2.24) is 15.2 Å². The number of nitrogens with one attached hydrogen (secondary N) is 2. The largest absolute Gasteiger partial charge is 0.362 e. The van der Waals surface area contributed by atoms with E-state index in [1.54, 1.807) is 0 Å². The number of fused-ring (bicyclic) bond motifs is 1. The maximum absolute atomic E-state index is 12.4. The van der Waals surface area contributed by atoms with Crippen LogP contribution in [0, 0.1) is 0 Å². The van der Waals surface area contributed by atoms with E-state index in [9.17, 15) is 4.79 Å². The van der Waals surface area contributed by atoms with Gasteiger partial charge in [0.25, 0.3) is 5.91 Å². The fraction of sp³-hybridized carbons (Fsp3) is 0.333. The summed E-state index contributed by atoms with van der Waals surface area (Å²) in [6.45, 7) is 2.85. The van der Waals surface area contributed by atoms with E-state index in [0.29, 0.717) is 0 Å². The number of pyridine rings is 1. The molecule has 1 aromatic carbocycles. The Balaban J connectivity index is 1.44. The standard InChI is InChI=1S/C18H20N4O/c23-17-15-3-1-2-4-16(15)20-18(21-17)7-11-22(12-8-18)13-14-5-9-19-10-6-14/h1-6,9-10,20H,7-8,11-13H2,(H,21,23). The number of piperidine rings is 1. The van der Waals surface area contributed by atoms with Crippen molar-refractivity contribution in [3.05, 3.63) is 59.9 Å². The van der Waals surface area contributed by atoms with E-state index in [-0.39, 0.29) is 11.6 Å². The first-order valence-electron chi connectivity index (χ1n) is 8.05. The van der Waals surface area contributed by atoms with Crippen molar-refractivity contribution in [3.8, 4) is 0 Å². The number of hydrogen-bond donors (Lipinski definition) is 2. The lowest BCUT2D eigenvalue weighted by Gasteiger charge is -2.46. The molecule has 0 unspecified atom stereocenters. The van der Waals surface area contributed by atoms with Crippen LogP contribution < -0.4 is 10.6 Å². The molecule has 0 bridgehead atoms. The summed E-state index contributed by atoms with van der Waals surface area (Å²) in [7, 11) is 0. The minimum atomic E-state index is -0.305. The van der Waals surface area contributed by atoms with Gasteiger partial charge in [-0.25, -0.2) is 0 Å². The third-order valence-corrected chi connectivity index (χ3v) is 4.76. The quantitative estimate of drug-likeness (QED) is 0.893. The normalized spacial score (nSPS) is 19.7. The Hall–Kier alpha value is -2.40. The summed E-state index contributed by atoms with van der Waals surface area (Å²) in [4.78, 5) is 18.8. The Morgan fingerprint density at radius 1 is 1.04 bits per heavy atom. The van der Waals surface area contributed by atoms with Crippen molar-refractivity contribution in [3.63, 3.8) is 0 Å². The Labute approximate surface area is 135 Å². The van der Waals surface area contributed by atoms with Crippen molar-refractivity contribution < 1.29 is 4.79 Å². The van der Waals surface area contributed by atoms with Crippen molar-refractivity contribution in [2.75, 3.05) is 18.4 Å². The van der Waals surface area contributed by atoms with Gasteiger partial charge in [-0.05, 0) is 29.8 Å². The average Bonchev–Trinajstić information content (AvgIpc) is 2.58. The summed E-state index contributed by atoms with van der Waals surface area (Å²) in [6, 6.07) is 11.8. The first-order chi connectivity index (χ1) is 11.2. The second-order valence-electron chi connectivity index (χ2n) is 6.34. The van der Waals surface area contributed by atoms with Crippen LogP contribution >= 0.6 is 0 Å². The number of carbonyl (C=O) groups excluding carboxylic acids is 1. The van der Waals surface area contributed by atoms with Crippen LogP contribution in [0.25, 0.3) is 0 Å². The van der Waals surface area contributed by atoms with E-state index in [2.05, 4.69) is 32.7 Å². The molecular weight excluding hydrogens is 288 g/mol. The molecule has 118 valence electrons. The summed E-state index contributed by atoms with van der Waals surface area (Å²) in [6.07, 6.45) is 5.47. The van der Waals surface area contributed by atoms with Gasteiger partial charge in [0.05, 0.1) is 5.56 Å². The van der Waals surface area contributed by atoms with E-state index in [4.69, 9.17) is 0 Å². The number of carbonyl (C=O) groups is 1. The molecule has 4 rings (SSSR count). The Morgan fingerprint density at radius 2 is 1.78 bits per heavy atom. The molecule has 2 N–H and O–H groups in total. The molecule has 5 heteroatoms. The predicted molar refractivity (Wildman–Crippen MR) is 89.0 cm³/mol. The highest BCUT2D eigenvalue weighted by Gasteiger charge is 2.39. The molecule has 1 fully saturated rings. The van der Waals surface area contributed by atoms with Gasteiger partial charge in [0.1, 0.15) is 5.66 Å². The number of rotatable bonds is 2. The van der Waals surface area contributed by atoms with Crippen LogP contribution in [0.1, 0.15) is 28.8 Å². The lowest BCUT2D eigenvalue weighted by molar-refractivity contribution is 0.0822. The van der Waals surface area contributed by atoms with Crippen LogP contribution in [0.2, 0.25) is 0 Å². The molecule has 1 aromatic heterocycles. The molecule has 5 nitrogen and oxygen atoms in total. The minimum Gasteiger partial charge on any atom is -0.362 e. The van der Waals surface area contributed by atoms with E-state index in [1.165, 1.54) is 5.56 Å². The highest BCUT2D eigenvalue weighted by molar-refractivity contribution is 6.02. The SMILES string of the molecule is O=C1NC2(CCN(Cc3ccncc3)CC2)Nc2ccccc21. The molecule has 3 heterocycles. The van der Waals surface area contributed by atoms with Gasteiger partial charge >= 0.3 is 0 Å². The topological polar surface area (TPSA) is 57.3 Å². The first-order valence-corrected chi connectivity index (χ1v) is 8.05. The zero-order valence-corrected chi connectivity index (χ0v) is 13.0. The number of para-hydroxylation sites is 1. The summed E-state index contributed by atoms with van der Waals surface area (Å²) in [5.41, 5.74) is 2.65. The van der Waals surface area contributed by atoms with Crippen molar-refractivity contribution in [2.45, 2.75) is 25.0 Å². The third kappa shape index (κ3) is 2.80. The summed E-state index contributed by atoms with van der Waals surface area (Å²) >= 11 is 0. The number of amides is 1. The molecule has 2 aromatic rings. The Kier molecular flexibility index (Phi) is 3.50. The summed E-state index contributed by atoms with van der Waals surface area (Å²) in [5.74, 6) is 0.0296. The van der Waals surface area contributed by atoms with Gasteiger partial charge in [-0.2, -0.15) is 0 Å². The van der Waals surface area contributed by atoms with E-state index >= 15 is 0 Å². The fourth-order valence-electron chi connectivity index (χ4n) is 3.45. The number of hydrogen-bond acceptors (Lipinski definition) is 4. The van der Waals surface area contributed by atoms with Crippen molar-refractivity contribution >= 4 is 11.6 Å². The second-order valence-corrected chi connectivity index (χ2v) is 6.34. The molecule has 23 heavy (non-hydrogen) atoms. The van der Waals surface area contributed by atoms with Gasteiger partial charge in [0.15, 0.2) is 0 Å². The van der Waals surface area contributed by atoms with Gasteiger partial charge in [-0.15, -0.1) is 0 Å². The molecule has 1 spiro atoms. The molecule has 0 atom stereocenters. The van der Waals surface area contributed by atoms with Gasteiger partial charge < -0.3 is 10.6 Å². The summed E-state index contributed by atoms with van der Waals surface area (Å²) in [5, 5.41) is 6.74. The number of likely N-dealkylation sites (tertiary alicyclic amines) is 1. The number of nitrogens with zero attached hydrogens (tertiary/aromatic N) is 2. The lowest BCUT2D eigenvalue weighted by Crippen LogP contribution is -2.62. The van der Waals surface area contributed by atoms with Crippen LogP contribution in [0.15, 0.2) is 48.8 Å². The monoisotopic (exact) mass is 308 g/mol. The van der Waals surface area contributed by atoms with Gasteiger partial charge in [-0.1, -0.05) is 12.1 Å². The molecule has 1 saturated heterocycles. The molecule has 0 saturated carbocycles. The van der Waals surface area contributed by atoms with Gasteiger partial charge in [-0.3, -0.25) is 14.7 Å². The van der Waals surface area contributed by atoms with Crippen LogP contribution in [-0.4, -0.2) is 34.5 Å². The Morgan fingerprint density at radius 3 is 2.57 bits per heavy atom. The molecular formula is C18H20N4O. The number of aromatic nitrogens is 1. The van der Waals surface area contributed by atoms with Crippen LogP contribution in [0.3, 0.4) is 0 Å². The summed E-state index contributed by atoms with van der Waals surface area (Å²) < 4.78 is 0. The van der Waals surface area contributed by atoms with Crippen LogP contribution in [0.4, 0.5) is 5.69 Å². The zero-order chi connectivity index (χ0) is 15.7. The fourth-order valence-corrected chi connectivity index (χ4v) is 3.45. The second kappa shape index (κ2) is 5.66. The van der Waals surface area contributed by atoms with Crippen LogP contribution in [0.5, 0.6) is 0 Å². The average molecular weight is 308 g/mol. The predicted octanol–water partition coefficient (Wildman–Crippen LogP) is 2.23. The molecule has 0 radical (unpaired) electrons. The highest BCUT2D eigenvalue weighted by atomic mass is 16.2. The van der Waals surface area contributed by atoms with Crippen LogP contribution in [-0.2, 0) is 6.54 Å². The third-order valence-electron chi connectivity index (χ3n) is 4.76. The molecule has 1 amide bonds. The molecule has 2 aliphatic heterocycles. The highest BCUT2D eigenvalue weighted by Crippen LogP contribution is 2.31. The maximum atomic E-state index is 12.4. The molecule has 2 aliphatic rings. The van der Waals surface area contributed by atoms with Crippen molar-refractivity contribution in [1.29, 1.82) is 0 Å². The van der Waals surface area contributed by atoms with Gasteiger partial charge in [0.2, 0.25) is 0 Å². The van der Waals surface area contributed by atoms with Crippen molar-refractivity contribution in [2.24, 2.45) is 0 Å². The smallest absolute Gasteiger partial charge is 0.255 e. The minimum absolute atomic E-state index is 0.0296. The number of benzene rings is 1. The van der Waals surface area contributed by atoms with Gasteiger partial charge in [0, 0.05) is 50.6 Å². The number of anilines is 1. The molecule has 0 aliphatic carbocycles. The zero-order valence-electron chi connectivity index (χ0n) is 13.0. The Bertz CT molecular complexity index is 708. The van der Waals surface area contributed by atoms with E-state index < -0.39 is 0 Å². The first kappa shape index (κ1) is 14.2. The maximum Gasteiger partial charge on any atom is 0.255 e. The lowest BCUT2D eigenvalue weighted by atomic mass is 9.92. The van der Waals surface area contributed by atoms with E-state index in [0.717, 1.165) is 43.7 Å².